The van der Waals surface area contributed by atoms with Crippen molar-refractivity contribution < 1.29 is 0 Å². The number of rotatable bonds is 5. The third-order valence-corrected chi connectivity index (χ3v) is 5.74. The van der Waals surface area contributed by atoms with Gasteiger partial charge in [-0.05, 0) is 75.1 Å². The maximum Gasteiger partial charge on any atom is -0.00207 e. The molecule has 1 N–H and O–H groups in total. The van der Waals surface area contributed by atoms with Gasteiger partial charge in [0, 0.05) is 0 Å². The first-order valence-corrected chi connectivity index (χ1v) is 8.84. The van der Waals surface area contributed by atoms with Crippen LogP contribution in [0.1, 0.15) is 62.1 Å². The summed E-state index contributed by atoms with van der Waals surface area (Å²) in [6.07, 6.45) is 5.43. The van der Waals surface area contributed by atoms with Crippen LogP contribution >= 0.6 is 0 Å². The molecule has 0 bridgehead atoms. The van der Waals surface area contributed by atoms with E-state index in [0.717, 1.165) is 23.7 Å². The molecule has 118 valence electrons. The summed E-state index contributed by atoms with van der Waals surface area (Å²) < 4.78 is 0. The SMILES string of the molecule is CCC1CCC(CNC)C(CC)C1c1cc(C)ccc1C. The van der Waals surface area contributed by atoms with E-state index in [1.165, 1.54) is 43.4 Å². The summed E-state index contributed by atoms with van der Waals surface area (Å²) >= 11 is 0. The van der Waals surface area contributed by atoms with Crippen LogP contribution in [0.25, 0.3) is 0 Å². The van der Waals surface area contributed by atoms with Crippen LogP contribution in [0, 0.1) is 31.6 Å². The molecule has 2 rings (SSSR count). The lowest BCUT2D eigenvalue weighted by Gasteiger charge is -2.44. The number of benzene rings is 1. The van der Waals surface area contributed by atoms with Gasteiger partial charge in [-0.1, -0.05) is 50.5 Å². The van der Waals surface area contributed by atoms with Crippen LogP contribution in [0.5, 0.6) is 0 Å². The number of hydrogen-bond acceptors (Lipinski definition) is 1. The molecule has 0 amide bonds. The average Bonchev–Trinajstić information content (AvgIpc) is 2.49. The van der Waals surface area contributed by atoms with Crippen LogP contribution in [0.15, 0.2) is 18.2 Å². The first-order chi connectivity index (χ1) is 10.1. The summed E-state index contributed by atoms with van der Waals surface area (Å²) in [7, 11) is 2.10. The van der Waals surface area contributed by atoms with Gasteiger partial charge in [0.05, 0.1) is 0 Å². The van der Waals surface area contributed by atoms with Gasteiger partial charge in [0.2, 0.25) is 0 Å². The summed E-state index contributed by atoms with van der Waals surface area (Å²) in [6.45, 7) is 10.5. The van der Waals surface area contributed by atoms with Crippen LogP contribution < -0.4 is 5.32 Å². The van der Waals surface area contributed by atoms with Crippen LogP contribution in [-0.2, 0) is 0 Å². The lowest BCUT2D eigenvalue weighted by Crippen LogP contribution is -2.37. The predicted octanol–water partition coefficient (Wildman–Crippen LogP) is 5.07. The molecule has 1 fully saturated rings. The normalized spacial score (nSPS) is 29.6. The molecule has 1 heteroatoms. The number of hydrogen-bond donors (Lipinski definition) is 1. The van der Waals surface area contributed by atoms with Crippen molar-refractivity contribution in [2.75, 3.05) is 13.6 Å². The van der Waals surface area contributed by atoms with Crippen molar-refractivity contribution in [2.24, 2.45) is 17.8 Å². The highest BCUT2D eigenvalue weighted by Gasteiger charge is 2.38. The molecule has 0 aromatic heterocycles. The fourth-order valence-electron chi connectivity index (χ4n) is 4.63. The zero-order valence-electron chi connectivity index (χ0n) is 14.6. The topological polar surface area (TPSA) is 12.0 Å². The lowest BCUT2D eigenvalue weighted by atomic mass is 9.62. The van der Waals surface area contributed by atoms with Crippen LogP contribution in [-0.4, -0.2) is 13.6 Å². The van der Waals surface area contributed by atoms with Gasteiger partial charge >= 0.3 is 0 Å². The summed E-state index contributed by atoms with van der Waals surface area (Å²) in [5.41, 5.74) is 4.54. The van der Waals surface area contributed by atoms with Crippen molar-refractivity contribution in [2.45, 2.75) is 59.3 Å². The van der Waals surface area contributed by atoms with E-state index in [-0.39, 0.29) is 0 Å². The molecule has 1 aliphatic carbocycles. The highest BCUT2D eigenvalue weighted by Crippen LogP contribution is 2.48. The molecule has 4 unspecified atom stereocenters. The second-order valence-corrected chi connectivity index (χ2v) is 7.02. The molecular weight excluding hydrogens is 254 g/mol. The van der Waals surface area contributed by atoms with Crippen molar-refractivity contribution in [1.29, 1.82) is 0 Å². The number of nitrogens with one attached hydrogen (secondary N) is 1. The third-order valence-electron chi connectivity index (χ3n) is 5.74. The molecule has 4 atom stereocenters. The Morgan fingerprint density at radius 1 is 1.05 bits per heavy atom. The molecule has 21 heavy (non-hydrogen) atoms. The van der Waals surface area contributed by atoms with Crippen molar-refractivity contribution >= 4 is 0 Å². The average molecular weight is 287 g/mol. The van der Waals surface area contributed by atoms with Gasteiger partial charge in [-0.15, -0.1) is 0 Å². The molecule has 1 saturated carbocycles. The van der Waals surface area contributed by atoms with Gasteiger partial charge in [-0.3, -0.25) is 0 Å². The summed E-state index contributed by atoms with van der Waals surface area (Å²) in [5, 5.41) is 3.43. The Hall–Kier alpha value is -0.820. The Morgan fingerprint density at radius 2 is 1.76 bits per heavy atom. The monoisotopic (exact) mass is 287 g/mol. The van der Waals surface area contributed by atoms with Gasteiger partial charge in [-0.25, -0.2) is 0 Å². The fourth-order valence-corrected chi connectivity index (χ4v) is 4.63. The minimum absolute atomic E-state index is 0.756. The Bertz CT molecular complexity index is 451. The number of aryl methyl sites for hydroxylation is 2. The standard InChI is InChI=1S/C20H33N/c1-6-16-10-11-17(13-21-5)18(7-2)20(16)19-12-14(3)8-9-15(19)4/h8-9,12,16-18,20-21H,6-7,10-11,13H2,1-5H3. The first-order valence-electron chi connectivity index (χ1n) is 8.84. The highest BCUT2D eigenvalue weighted by atomic mass is 14.8. The molecule has 0 spiro atoms. The van der Waals surface area contributed by atoms with Crippen molar-refractivity contribution in [3.05, 3.63) is 34.9 Å². The second kappa shape index (κ2) is 7.45. The summed E-state index contributed by atoms with van der Waals surface area (Å²) in [4.78, 5) is 0. The van der Waals surface area contributed by atoms with E-state index >= 15 is 0 Å². The van der Waals surface area contributed by atoms with Gasteiger partial charge < -0.3 is 5.32 Å². The zero-order chi connectivity index (χ0) is 15.4. The first kappa shape index (κ1) is 16.5. The largest absolute Gasteiger partial charge is 0.319 e. The Kier molecular flexibility index (Phi) is 5.87. The van der Waals surface area contributed by atoms with E-state index in [0.29, 0.717) is 0 Å². The maximum atomic E-state index is 3.43. The minimum atomic E-state index is 0.756. The predicted molar refractivity (Wildman–Crippen MR) is 92.9 cm³/mol. The van der Waals surface area contributed by atoms with E-state index in [1.54, 1.807) is 5.56 Å². The quantitative estimate of drug-likeness (QED) is 0.797. The lowest BCUT2D eigenvalue weighted by molar-refractivity contribution is 0.133. The third kappa shape index (κ3) is 3.51. The van der Waals surface area contributed by atoms with Gasteiger partial charge in [0.25, 0.3) is 0 Å². The smallest absolute Gasteiger partial charge is 0.00207 e. The van der Waals surface area contributed by atoms with E-state index in [9.17, 15) is 0 Å². The van der Waals surface area contributed by atoms with Crippen LogP contribution in [0.4, 0.5) is 0 Å². The summed E-state index contributed by atoms with van der Waals surface area (Å²) in [6, 6.07) is 7.05. The fraction of sp³-hybridized carbons (Fsp3) is 0.700. The molecule has 1 aromatic carbocycles. The van der Waals surface area contributed by atoms with Gasteiger partial charge in [0.1, 0.15) is 0 Å². The van der Waals surface area contributed by atoms with E-state index in [1.807, 2.05) is 0 Å². The molecule has 0 saturated heterocycles. The zero-order valence-corrected chi connectivity index (χ0v) is 14.6. The molecular formula is C20H33N. The van der Waals surface area contributed by atoms with Crippen LogP contribution in [0.2, 0.25) is 0 Å². The molecule has 1 nitrogen and oxygen atoms in total. The molecule has 0 radical (unpaired) electrons. The van der Waals surface area contributed by atoms with E-state index in [4.69, 9.17) is 0 Å². The maximum absolute atomic E-state index is 3.43. The van der Waals surface area contributed by atoms with Gasteiger partial charge in [0.15, 0.2) is 0 Å². The van der Waals surface area contributed by atoms with Crippen molar-refractivity contribution in [3.63, 3.8) is 0 Å². The van der Waals surface area contributed by atoms with Crippen LogP contribution in [0.3, 0.4) is 0 Å². The van der Waals surface area contributed by atoms with E-state index < -0.39 is 0 Å². The Morgan fingerprint density at radius 3 is 2.38 bits per heavy atom. The molecule has 0 heterocycles. The Labute approximate surface area is 131 Å². The molecule has 1 aromatic rings. The van der Waals surface area contributed by atoms with E-state index in [2.05, 4.69) is 58.3 Å². The Balaban J connectivity index is 2.39. The van der Waals surface area contributed by atoms with Crippen molar-refractivity contribution in [1.82, 2.24) is 5.32 Å². The highest BCUT2D eigenvalue weighted by molar-refractivity contribution is 5.34. The second-order valence-electron chi connectivity index (χ2n) is 7.02. The van der Waals surface area contributed by atoms with Crippen molar-refractivity contribution in [3.8, 4) is 0 Å². The summed E-state index contributed by atoms with van der Waals surface area (Å²) in [5.74, 6) is 3.29. The molecule has 0 aliphatic heterocycles. The minimum Gasteiger partial charge on any atom is -0.319 e. The molecule has 1 aliphatic rings. The van der Waals surface area contributed by atoms with Gasteiger partial charge in [-0.2, -0.15) is 0 Å².